The van der Waals surface area contributed by atoms with E-state index in [1.807, 2.05) is 49.2 Å². The van der Waals surface area contributed by atoms with Gasteiger partial charge < -0.3 is 4.90 Å². The van der Waals surface area contributed by atoms with Crippen LogP contribution < -0.4 is 0 Å². The van der Waals surface area contributed by atoms with Gasteiger partial charge in [0.25, 0.3) is 0 Å². The molecular formula is C18H20FNO. The van der Waals surface area contributed by atoms with Crippen LogP contribution in [0.1, 0.15) is 27.9 Å². The Labute approximate surface area is 125 Å². The molecule has 2 aromatic carbocycles. The van der Waals surface area contributed by atoms with Crippen LogP contribution in [-0.2, 0) is 6.54 Å². The topological polar surface area (TPSA) is 20.3 Å². The zero-order valence-corrected chi connectivity index (χ0v) is 12.5. The molecule has 0 saturated heterocycles. The smallest absolute Gasteiger partial charge is 0.164 e. The molecular weight excluding hydrogens is 265 g/mol. The van der Waals surface area contributed by atoms with Crippen molar-refractivity contribution in [2.24, 2.45) is 0 Å². The lowest BCUT2D eigenvalue weighted by molar-refractivity contribution is 0.0967. The van der Waals surface area contributed by atoms with E-state index in [1.54, 1.807) is 12.1 Å². The SMILES string of the molecule is Cc1ccc(C(=O)CCN(C)Cc2ccccc2F)cc1. The summed E-state index contributed by atoms with van der Waals surface area (Å²) < 4.78 is 13.6. The lowest BCUT2D eigenvalue weighted by Crippen LogP contribution is -2.22. The van der Waals surface area contributed by atoms with E-state index in [0.717, 1.165) is 11.1 Å². The van der Waals surface area contributed by atoms with Crippen LogP contribution in [0.4, 0.5) is 4.39 Å². The van der Waals surface area contributed by atoms with E-state index in [4.69, 9.17) is 0 Å². The van der Waals surface area contributed by atoms with Crippen molar-refractivity contribution in [3.63, 3.8) is 0 Å². The third-order valence-electron chi connectivity index (χ3n) is 3.49. The molecule has 0 heterocycles. The molecule has 0 aliphatic carbocycles. The molecule has 0 spiro atoms. The van der Waals surface area contributed by atoms with Gasteiger partial charge in [0.15, 0.2) is 5.78 Å². The van der Waals surface area contributed by atoms with Crippen LogP contribution in [0.25, 0.3) is 0 Å². The van der Waals surface area contributed by atoms with E-state index >= 15 is 0 Å². The number of Topliss-reactive ketones (excluding diaryl/α,β-unsaturated/α-hetero) is 1. The van der Waals surface area contributed by atoms with Crippen molar-refractivity contribution in [2.45, 2.75) is 19.9 Å². The fraction of sp³-hybridized carbons (Fsp3) is 0.278. The van der Waals surface area contributed by atoms with E-state index in [9.17, 15) is 9.18 Å². The summed E-state index contributed by atoms with van der Waals surface area (Å²) in [5, 5.41) is 0. The van der Waals surface area contributed by atoms with Crippen LogP contribution >= 0.6 is 0 Å². The van der Waals surface area contributed by atoms with Crippen molar-refractivity contribution in [3.05, 3.63) is 71.0 Å². The third-order valence-corrected chi connectivity index (χ3v) is 3.49. The van der Waals surface area contributed by atoms with Gasteiger partial charge in [-0.05, 0) is 20.0 Å². The number of benzene rings is 2. The Hall–Kier alpha value is -2.00. The zero-order valence-electron chi connectivity index (χ0n) is 12.5. The molecule has 0 aliphatic heterocycles. The summed E-state index contributed by atoms with van der Waals surface area (Å²) in [5.74, 6) is -0.0791. The number of rotatable bonds is 6. The molecule has 0 amide bonds. The van der Waals surface area contributed by atoms with Gasteiger partial charge in [0, 0.05) is 30.6 Å². The minimum absolute atomic E-state index is 0.121. The molecule has 0 atom stereocenters. The predicted molar refractivity (Wildman–Crippen MR) is 82.9 cm³/mol. The average Bonchev–Trinajstić information content (AvgIpc) is 2.48. The molecule has 0 unspecified atom stereocenters. The first-order chi connectivity index (χ1) is 10.1. The minimum atomic E-state index is -0.200. The van der Waals surface area contributed by atoms with Crippen LogP contribution in [0, 0.1) is 12.7 Å². The monoisotopic (exact) mass is 285 g/mol. The minimum Gasteiger partial charge on any atom is -0.302 e. The van der Waals surface area contributed by atoms with E-state index in [0.29, 0.717) is 25.1 Å². The molecule has 0 fully saturated rings. The van der Waals surface area contributed by atoms with Gasteiger partial charge in [-0.15, -0.1) is 0 Å². The van der Waals surface area contributed by atoms with Gasteiger partial charge in [-0.3, -0.25) is 4.79 Å². The maximum atomic E-state index is 13.6. The molecule has 2 rings (SSSR count). The first-order valence-electron chi connectivity index (χ1n) is 7.08. The number of hydrogen-bond donors (Lipinski definition) is 0. The largest absolute Gasteiger partial charge is 0.302 e. The van der Waals surface area contributed by atoms with Crippen molar-refractivity contribution < 1.29 is 9.18 Å². The highest BCUT2D eigenvalue weighted by Crippen LogP contribution is 2.10. The third kappa shape index (κ3) is 4.50. The zero-order chi connectivity index (χ0) is 15.2. The van der Waals surface area contributed by atoms with Crippen LogP contribution in [-0.4, -0.2) is 24.3 Å². The molecule has 0 aliphatic rings. The van der Waals surface area contributed by atoms with E-state index in [-0.39, 0.29) is 11.6 Å². The standard InChI is InChI=1S/C18H20FNO/c1-14-7-9-15(10-8-14)18(21)11-12-20(2)13-16-5-3-4-6-17(16)19/h3-10H,11-13H2,1-2H3. The number of halogens is 1. The van der Waals surface area contributed by atoms with Gasteiger partial charge in [0.1, 0.15) is 5.82 Å². The number of carbonyl (C=O) groups excluding carboxylic acids is 1. The van der Waals surface area contributed by atoms with E-state index in [1.165, 1.54) is 6.07 Å². The summed E-state index contributed by atoms with van der Waals surface area (Å²) in [6.07, 6.45) is 0.439. The van der Waals surface area contributed by atoms with Gasteiger partial charge >= 0.3 is 0 Å². The van der Waals surface area contributed by atoms with Crippen molar-refractivity contribution >= 4 is 5.78 Å². The lowest BCUT2D eigenvalue weighted by Gasteiger charge is -2.16. The van der Waals surface area contributed by atoms with Gasteiger partial charge in [0.05, 0.1) is 0 Å². The fourth-order valence-electron chi connectivity index (χ4n) is 2.17. The van der Waals surface area contributed by atoms with Crippen LogP contribution in [0.2, 0.25) is 0 Å². The van der Waals surface area contributed by atoms with Crippen molar-refractivity contribution in [3.8, 4) is 0 Å². The average molecular weight is 285 g/mol. The molecule has 0 N–H and O–H groups in total. The normalized spacial score (nSPS) is 10.9. The first kappa shape index (κ1) is 15.4. The van der Waals surface area contributed by atoms with Gasteiger partial charge in [0.2, 0.25) is 0 Å². The Kier molecular flexibility index (Phi) is 5.23. The highest BCUT2D eigenvalue weighted by atomic mass is 19.1. The van der Waals surface area contributed by atoms with Gasteiger partial charge in [-0.1, -0.05) is 48.0 Å². The Morgan fingerprint density at radius 3 is 2.43 bits per heavy atom. The number of hydrogen-bond acceptors (Lipinski definition) is 2. The molecule has 2 aromatic rings. The second kappa shape index (κ2) is 7.14. The van der Waals surface area contributed by atoms with Crippen LogP contribution in [0.3, 0.4) is 0 Å². The summed E-state index contributed by atoms with van der Waals surface area (Å²) in [4.78, 5) is 14.0. The Bertz CT molecular complexity index is 607. The van der Waals surface area contributed by atoms with Crippen LogP contribution in [0.5, 0.6) is 0 Å². The highest BCUT2D eigenvalue weighted by Gasteiger charge is 2.09. The lowest BCUT2D eigenvalue weighted by atomic mass is 10.1. The van der Waals surface area contributed by atoms with Gasteiger partial charge in [-0.25, -0.2) is 4.39 Å². The molecule has 0 radical (unpaired) electrons. The van der Waals surface area contributed by atoms with E-state index in [2.05, 4.69) is 0 Å². The van der Waals surface area contributed by atoms with Gasteiger partial charge in [-0.2, -0.15) is 0 Å². The molecule has 21 heavy (non-hydrogen) atoms. The number of nitrogens with zero attached hydrogens (tertiary/aromatic N) is 1. The number of carbonyl (C=O) groups is 1. The molecule has 3 heteroatoms. The summed E-state index contributed by atoms with van der Waals surface area (Å²) in [6.45, 7) is 3.12. The molecule has 0 aromatic heterocycles. The predicted octanol–water partition coefficient (Wildman–Crippen LogP) is 3.84. The van der Waals surface area contributed by atoms with E-state index < -0.39 is 0 Å². The maximum absolute atomic E-state index is 13.6. The second-order valence-corrected chi connectivity index (χ2v) is 5.37. The molecule has 110 valence electrons. The number of ketones is 1. The summed E-state index contributed by atoms with van der Waals surface area (Å²) >= 11 is 0. The number of aryl methyl sites for hydroxylation is 1. The van der Waals surface area contributed by atoms with Crippen molar-refractivity contribution in [2.75, 3.05) is 13.6 Å². The highest BCUT2D eigenvalue weighted by molar-refractivity contribution is 5.96. The first-order valence-corrected chi connectivity index (χ1v) is 7.08. The Morgan fingerprint density at radius 2 is 1.76 bits per heavy atom. The summed E-state index contributed by atoms with van der Waals surface area (Å²) in [7, 11) is 1.90. The molecule has 2 nitrogen and oxygen atoms in total. The Balaban J connectivity index is 1.86. The fourth-order valence-corrected chi connectivity index (χ4v) is 2.17. The maximum Gasteiger partial charge on any atom is 0.164 e. The summed E-state index contributed by atoms with van der Waals surface area (Å²) in [6, 6.07) is 14.3. The van der Waals surface area contributed by atoms with Crippen LogP contribution in [0.15, 0.2) is 48.5 Å². The quantitative estimate of drug-likeness (QED) is 0.752. The molecule has 0 bridgehead atoms. The van der Waals surface area contributed by atoms with Crippen molar-refractivity contribution in [1.29, 1.82) is 0 Å². The Morgan fingerprint density at radius 1 is 1.10 bits per heavy atom. The van der Waals surface area contributed by atoms with Crippen molar-refractivity contribution in [1.82, 2.24) is 4.90 Å². The second-order valence-electron chi connectivity index (χ2n) is 5.37. The molecule has 0 saturated carbocycles. The summed E-state index contributed by atoms with van der Waals surface area (Å²) in [5.41, 5.74) is 2.53.